The molecule has 3 nitrogen and oxygen atoms in total. The van der Waals surface area contributed by atoms with Crippen LogP contribution in [-0.2, 0) is 6.18 Å². The first-order valence-electron chi connectivity index (χ1n) is 5.26. The van der Waals surface area contributed by atoms with Gasteiger partial charge >= 0.3 is 6.18 Å². The van der Waals surface area contributed by atoms with Gasteiger partial charge in [0.1, 0.15) is 4.88 Å². The normalized spacial score (nSPS) is 11.4. The largest absolute Gasteiger partial charge is 0.416 e. The first-order chi connectivity index (χ1) is 8.88. The van der Waals surface area contributed by atoms with E-state index >= 15 is 0 Å². The fourth-order valence-electron chi connectivity index (χ4n) is 1.45. The lowest BCUT2D eigenvalue weighted by Crippen LogP contribution is -2.12. The van der Waals surface area contributed by atoms with E-state index in [-0.39, 0.29) is 5.91 Å². The lowest BCUT2D eigenvalue weighted by Gasteiger charge is -2.08. The second-order valence-corrected chi connectivity index (χ2v) is 4.65. The Kier molecular flexibility index (Phi) is 3.57. The second kappa shape index (κ2) is 5.00. The molecule has 0 spiro atoms. The number of aromatic nitrogens is 1. The molecule has 2 aromatic rings. The number of nitrogens with zero attached hydrogens (tertiary/aromatic N) is 1. The fourth-order valence-corrected chi connectivity index (χ4v) is 2.15. The SMILES string of the molecule is Cc1ncsc1C(=O)Nc1ccc(C(F)(F)F)cc1. The average molecular weight is 286 g/mol. The highest BCUT2D eigenvalue weighted by atomic mass is 32.1. The van der Waals surface area contributed by atoms with E-state index in [0.717, 1.165) is 12.1 Å². The van der Waals surface area contributed by atoms with Crippen molar-refractivity contribution in [3.05, 3.63) is 45.9 Å². The van der Waals surface area contributed by atoms with Gasteiger partial charge < -0.3 is 5.32 Å². The quantitative estimate of drug-likeness (QED) is 0.914. The number of hydrogen-bond acceptors (Lipinski definition) is 3. The number of nitrogens with one attached hydrogen (secondary N) is 1. The molecule has 0 saturated carbocycles. The maximum atomic E-state index is 12.4. The first-order valence-corrected chi connectivity index (χ1v) is 6.14. The van der Waals surface area contributed by atoms with Crippen molar-refractivity contribution >= 4 is 22.9 Å². The molecule has 19 heavy (non-hydrogen) atoms. The molecule has 0 atom stereocenters. The van der Waals surface area contributed by atoms with Crippen molar-refractivity contribution in [2.75, 3.05) is 5.32 Å². The first kappa shape index (κ1) is 13.5. The van der Waals surface area contributed by atoms with Crippen molar-refractivity contribution in [3.8, 4) is 0 Å². The van der Waals surface area contributed by atoms with Crippen molar-refractivity contribution in [2.24, 2.45) is 0 Å². The molecule has 0 aliphatic heterocycles. The Labute approximate surface area is 111 Å². The molecule has 1 N–H and O–H groups in total. The van der Waals surface area contributed by atoms with Gasteiger partial charge in [0.25, 0.3) is 5.91 Å². The van der Waals surface area contributed by atoms with Crippen molar-refractivity contribution in [1.82, 2.24) is 4.98 Å². The van der Waals surface area contributed by atoms with Gasteiger partial charge in [-0.05, 0) is 31.2 Å². The molecule has 0 unspecified atom stereocenters. The van der Waals surface area contributed by atoms with Gasteiger partial charge in [-0.2, -0.15) is 13.2 Å². The second-order valence-electron chi connectivity index (χ2n) is 3.80. The maximum absolute atomic E-state index is 12.4. The Morgan fingerprint density at radius 3 is 2.37 bits per heavy atom. The monoisotopic (exact) mass is 286 g/mol. The van der Waals surface area contributed by atoms with Crippen molar-refractivity contribution < 1.29 is 18.0 Å². The number of alkyl halides is 3. The molecule has 0 saturated heterocycles. The molecule has 0 fully saturated rings. The summed E-state index contributed by atoms with van der Waals surface area (Å²) in [5, 5.41) is 2.53. The van der Waals surface area contributed by atoms with Gasteiger partial charge in [0.05, 0.1) is 16.8 Å². The highest BCUT2D eigenvalue weighted by Crippen LogP contribution is 2.29. The summed E-state index contributed by atoms with van der Waals surface area (Å²) in [5.41, 5.74) is 1.69. The molecule has 2 rings (SSSR count). The van der Waals surface area contributed by atoms with E-state index in [0.29, 0.717) is 16.3 Å². The number of carbonyl (C=O) groups is 1. The summed E-state index contributed by atoms with van der Waals surface area (Å²) in [5.74, 6) is -0.375. The van der Waals surface area contributed by atoms with Crippen LogP contribution in [0.4, 0.5) is 18.9 Å². The van der Waals surface area contributed by atoms with Crippen LogP contribution in [0.3, 0.4) is 0 Å². The summed E-state index contributed by atoms with van der Waals surface area (Å²) in [7, 11) is 0. The number of rotatable bonds is 2. The smallest absolute Gasteiger partial charge is 0.321 e. The fraction of sp³-hybridized carbons (Fsp3) is 0.167. The molecule has 1 aromatic carbocycles. The molecule has 100 valence electrons. The summed E-state index contributed by atoms with van der Waals surface area (Å²) in [4.78, 5) is 16.2. The van der Waals surface area contributed by atoms with E-state index in [4.69, 9.17) is 0 Å². The van der Waals surface area contributed by atoms with Crippen LogP contribution in [0.2, 0.25) is 0 Å². The van der Waals surface area contributed by atoms with Crippen LogP contribution >= 0.6 is 11.3 Å². The van der Waals surface area contributed by atoms with Crippen LogP contribution in [0.5, 0.6) is 0 Å². The highest BCUT2D eigenvalue weighted by Gasteiger charge is 2.30. The van der Waals surface area contributed by atoms with Gasteiger partial charge in [-0.15, -0.1) is 11.3 Å². The number of benzene rings is 1. The van der Waals surface area contributed by atoms with E-state index in [2.05, 4.69) is 10.3 Å². The van der Waals surface area contributed by atoms with Gasteiger partial charge in [0.2, 0.25) is 0 Å². The minimum atomic E-state index is -4.38. The third-order valence-electron chi connectivity index (χ3n) is 2.42. The van der Waals surface area contributed by atoms with Gasteiger partial charge in [-0.3, -0.25) is 4.79 Å². The zero-order valence-electron chi connectivity index (χ0n) is 9.78. The minimum Gasteiger partial charge on any atom is -0.321 e. The molecule has 1 aromatic heterocycles. The number of thiazole rings is 1. The van der Waals surface area contributed by atoms with Crippen LogP contribution in [0.25, 0.3) is 0 Å². The maximum Gasteiger partial charge on any atom is 0.416 e. The Morgan fingerprint density at radius 2 is 1.89 bits per heavy atom. The van der Waals surface area contributed by atoms with Crippen LogP contribution < -0.4 is 5.32 Å². The Bertz CT molecular complexity index is 590. The minimum absolute atomic E-state index is 0.311. The van der Waals surface area contributed by atoms with Crippen molar-refractivity contribution in [3.63, 3.8) is 0 Å². The number of anilines is 1. The van der Waals surface area contributed by atoms with Gasteiger partial charge in [-0.1, -0.05) is 0 Å². The molecule has 0 aliphatic carbocycles. The standard InChI is InChI=1S/C12H9F3N2OS/c1-7-10(19-6-16-7)11(18)17-9-4-2-8(3-5-9)12(13,14)15/h2-6H,1H3,(H,17,18). The van der Waals surface area contributed by atoms with E-state index < -0.39 is 11.7 Å². The molecule has 0 bridgehead atoms. The zero-order valence-corrected chi connectivity index (χ0v) is 10.6. The van der Waals surface area contributed by atoms with Crippen LogP contribution in [0.15, 0.2) is 29.8 Å². The molecule has 0 aliphatic rings. The summed E-state index contributed by atoms with van der Waals surface area (Å²) < 4.78 is 37.1. The number of carbonyl (C=O) groups excluding carboxylic acids is 1. The number of hydrogen-bond donors (Lipinski definition) is 1. The van der Waals surface area contributed by atoms with Crippen LogP contribution in [0, 0.1) is 6.92 Å². The Balaban J connectivity index is 2.12. The van der Waals surface area contributed by atoms with Gasteiger partial charge in [0, 0.05) is 5.69 Å². The van der Waals surface area contributed by atoms with Crippen LogP contribution in [0.1, 0.15) is 20.9 Å². The molecule has 1 heterocycles. The van der Waals surface area contributed by atoms with Crippen LogP contribution in [-0.4, -0.2) is 10.9 Å². The van der Waals surface area contributed by atoms with Crippen molar-refractivity contribution in [2.45, 2.75) is 13.1 Å². The van der Waals surface area contributed by atoms with Crippen molar-refractivity contribution in [1.29, 1.82) is 0 Å². The molecular weight excluding hydrogens is 277 g/mol. The highest BCUT2D eigenvalue weighted by molar-refractivity contribution is 7.12. The summed E-state index contributed by atoms with van der Waals surface area (Å²) in [6.07, 6.45) is -4.38. The topological polar surface area (TPSA) is 42.0 Å². The summed E-state index contributed by atoms with van der Waals surface area (Å²) >= 11 is 1.18. The summed E-state index contributed by atoms with van der Waals surface area (Å²) in [6, 6.07) is 4.29. The van der Waals surface area contributed by atoms with E-state index in [1.165, 1.54) is 29.0 Å². The predicted octanol–water partition coefficient (Wildman–Crippen LogP) is 3.72. The molecular formula is C12H9F3N2OS. The lowest BCUT2D eigenvalue weighted by molar-refractivity contribution is -0.137. The Morgan fingerprint density at radius 1 is 1.26 bits per heavy atom. The number of halogens is 3. The van der Waals surface area contributed by atoms with E-state index in [1.54, 1.807) is 6.92 Å². The molecule has 1 amide bonds. The van der Waals surface area contributed by atoms with E-state index in [9.17, 15) is 18.0 Å². The third kappa shape index (κ3) is 3.11. The summed E-state index contributed by atoms with van der Waals surface area (Å²) in [6.45, 7) is 1.69. The zero-order chi connectivity index (χ0) is 14.0. The molecule has 0 radical (unpaired) electrons. The Hall–Kier alpha value is -1.89. The van der Waals surface area contributed by atoms with Gasteiger partial charge in [-0.25, -0.2) is 4.98 Å². The number of aryl methyl sites for hydroxylation is 1. The predicted molar refractivity (Wildman–Crippen MR) is 66.2 cm³/mol. The van der Waals surface area contributed by atoms with E-state index in [1.807, 2.05) is 0 Å². The third-order valence-corrected chi connectivity index (χ3v) is 3.35. The number of amides is 1. The molecule has 7 heteroatoms. The lowest BCUT2D eigenvalue weighted by atomic mass is 10.2. The average Bonchev–Trinajstić information content (AvgIpc) is 2.75. The van der Waals surface area contributed by atoms with Gasteiger partial charge in [0.15, 0.2) is 0 Å².